The fraction of sp³-hybridized carbons (Fsp3) is 0.333. The molecule has 0 saturated heterocycles. The van der Waals surface area contributed by atoms with Crippen molar-refractivity contribution in [1.29, 1.82) is 0 Å². The molecule has 2 N–H and O–H groups in total. The lowest BCUT2D eigenvalue weighted by atomic mass is 10.4. The minimum Gasteiger partial charge on any atom is -0.329 e. The van der Waals surface area contributed by atoms with Crippen LogP contribution in [-0.2, 0) is 12.7 Å². The topological polar surface area (TPSA) is 56.7 Å². The SMILES string of the molecule is Cl.Cl.NCCn1c(C(F)(F)F)nc2cccnc21. The van der Waals surface area contributed by atoms with Crippen molar-refractivity contribution in [2.24, 2.45) is 5.73 Å². The summed E-state index contributed by atoms with van der Waals surface area (Å²) in [5, 5.41) is 0. The van der Waals surface area contributed by atoms with E-state index in [-0.39, 0.29) is 49.1 Å². The van der Waals surface area contributed by atoms with E-state index in [1.54, 1.807) is 6.07 Å². The average Bonchev–Trinajstić information content (AvgIpc) is 2.58. The summed E-state index contributed by atoms with van der Waals surface area (Å²) in [5.74, 6) is -0.952. The third kappa shape index (κ3) is 3.04. The van der Waals surface area contributed by atoms with E-state index in [1.165, 1.54) is 12.3 Å². The van der Waals surface area contributed by atoms with Crippen molar-refractivity contribution in [1.82, 2.24) is 14.5 Å². The monoisotopic (exact) mass is 302 g/mol. The third-order valence-electron chi connectivity index (χ3n) is 2.11. The molecule has 0 atom stereocenters. The highest BCUT2D eigenvalue weighted by Crippen LogP contribution is 2.30. The highest BCUT2D eigenvalue weighted by Gasteiger charge is 2.37. The van der Waals surface area contributed by atoms with E-state index in [9.17, 15) is 13.2 Å². The van der Waals surface area contributed by atoms with E-state index in [0.717, 1.165) is 4.57 Å². The summed E-state index contributed by atoms with van der Waals surface area (Å²) in [7, 11) is 0. The molecule has 0 aromatic carbocycles. The van der Waals surface area contributed by atoms with Crippen molar-refractivity contribution >= 4 is 36.0 Å². The molecule has 18 heavy (non-hydrogen) atoms. The van der Waals surface area contributed by atoms with Gasteiger partial charge in [-0.15, -0.1) is 24.8 Å². The van der Waals surface area contributed by atoms with Gasteiger partial charge in [-0.2, -0.15) is 13.2 Å². The highest BCUT2D eigenvalue weighted by atomic mass is 35.5. The molecular weight excluding hydrogens is 292 g/mol. The molecule has 0 spiro atoms. The van der Waals surface area contributed by atoms with Gasteiger partial charge in [0.05, 0.1) is 0 Å². The Morgan fingerprint density at radius 2 is 1.94 bits per heavy atom. The molecule has 102 valence electrons. The quantitative estimate of drug-likeness (QED) is 0.926. The van der Waals surface area contributed by atoms with Crippen LogP contribution in [0.5, 0.6) is 0 Å². The number of fused-ring (bicyclic) bond motifs is 1. The molecule has 2 heterocycles. The second-order valence-corrected chi connectivity index (χ2v) is 3.22. The van der Waals surface area contributed by atoms with Gasteiger partial charge in [-0.25, -0.2) is 9.97 Å². The zero-order valence-corrected chi connectivity index (χ0v) is 10.6. The van der Waals surface area contributed by atoms with Crippen LogP contribution in [0.4, 0.5) is 13.2 Å². The van der Waals surface area contributed by atoms with E-state index in [0.29, 0.717) is 0 Å². The normalized spacial score (nSPS) is 10.9. The number of nitrogens with zero attached hydrogens (tertiary/aromatic N) is 3. The average molecular weight is 303 g/mol. The lowest BCUT2D eigenvalue weighted by Gasteiger charge is -2.08. The molecule has 0 bridgehead atoms. The Hall–Kier alpha value is -1.05. The zero-order valence-electron chi connectivity index (χ0n) is 9.02. The Morgan fingerprint density at radius 1 is 1.28 bits per heavy atom. The van der Waals surface area contributed by atoms with Crippen molar-refractivity contribution in [2.75, 3.05) is 6.54 Å². The summed E-state index contributed by atoms with van der Waals surface area (Å²) in [4.78, 5) is 7.40. The van der Waals surface area contributed by atoms with Gasteiger partial charge in [-0.05, 0) is 12.1 Å². The maximum atomic E-state index is 12.7. The molecule has 2 aromatic heterocycles. The van der Waals surface area contributed by atoms with Gasteiger partial charge in [-0.3, -0.25) is 0 Å². The van der Waals surface area contributed by atoms with Crippen molar-refractivity contribution in [3.8, 4) is 0 Å². The van der Waals surface area contributed by atoms with Crippen LogP contribution in [0.15, 0.2) is 18.3 Å². The molecule has 2 aromatic rings. The first-order valence-corrected chi connectivity index (χ1v) is 4.62. The summed E-state index contributed by atoms with van der Waals surface area (Å²) < 4.78 is 39.0. The van der Waals surface area contributed by atoms with Gasteiger partial charge in [0.2, 0.25) is 5.82 Å². The van der Waals surface area contributed by atoms with Crippen LogP contribution in [0.3, 0.4) is 0 Å². The van der Waals surface area contributed by atoms with E-state index < -0.39 is 12.0 Å². The standard InChI is InChI=1S/C9H9F3N4.2ClH/c10-9(11,12)8-15-6-2-1-4-14-7(6)16(8)5-3-13;;/h1-2,4H,3,5,13H2;2*1H. The molecule has 0 amide bonds. The van der Waals surface area contributed by atoms with Gasteiger partial charge in [0.1, 0.15) is 5.52 Å². The maximum absolute atomic E-state index is 12.7. The molecule has 0 radical (unpaired) electrons. The summed E-state index contributed by atoms with van der Waals surface area (Å²) in [6.07, 6.45) is -3.06. The van der Waals surface area contributed by atoms with E-state index in [2.05, 4.69) is 9.97 Å². The first-order chi connectivity index (χ1) is 7.54. The minimum absolute atomic E-state index is 0. The largest absolute Gasteiger partial charge is 0.449 e. The molecule has 0 aliphatic rings. The fourth-order valence-corrected chi connectivity index (χ4v) is 1.52. The van der Waals surface area contributed by atoms with Gasteiger partial charge in [-0.1, -0.05) is 0 Å². The third-order valence-corrected chi connectivity index (χ3v) is 2.11. The Labute approximate surface area is 113 Å². The van der Waals surface area contributed by atoms with Gasteiger partial charge < -0.3 is 10.3 Å². The molecule has 0 aliphatic carbocycles. The number of imidazole rings is 1. The zero-order chi connectivity index (χ0) is 11.8. The van der Waals surface area contributed by atoms with Crippen molar-refractivity contribution in [3.63, 3.8) is 0 Å². The van der Waals surface area contributed by atoms with Crippen LogP contribution in [0, 0.1) is 0 Å². The van der Waals surface area contributed by atoms with Gasteiger partial charge in [0.15, 0.2) is 5.65 Å². The number of hydrogen-bond donors (Lipinski definition) is 1. The van der Waals surface area contributed by atoms with Crippen LogP contribution in [0.25, 0.3) is 11.2 Å². The van der Waals surface area contributed by atoms with E-state index in [1.807, 2.05) is 0 Å². The van der Waals surface area contributed by atoms with Gasteiger partial charge in [0.25, 0.3) is 0 Å². The number of nitrogens with two attached hydrogens (primary N) is 1. The predicted octanol–water partition coefficient (Wildman–Crippen LogP) is 2.25. The van der Waals surface area contributed by atoms with Crippen LogP contribution in [0.1, 0.15) is 5.82 Å². The number of halogens is 5. The number of aromatic nitrogens is 3. The number of alkyl halides is 3. The second kappa shape index (κ2) is 6.21. The van der Waals surface area contributed by atoms with Crippen LogP contribution < -0.4 is 5.73 Å². The van der Waals surface area contributed by atoms with Crippen LogP contribution in [0.2, 0.25) is 0 Å². The Morgan fingerprint density at radius 3 is 2.50 bits per heavy atom. The number of pyridine rings is 1. The molecule has 0 fully saturated rings. The van der Waals surface area contributed by atoms with Crippen LogP contribution in [-0.4, -0.2) is 21.1 Å². The minimum atomic E-state index is -4.49. The first kappa shape index (κ1) is 16.9. The molecule has 0 unspecified atom stereocenters. The maximum Gasteiger partial charge on any atom is 0.449 e. The predicted molar refractivity (Wildman–Crippen MR) is 66.1 cm³/mol. The lowest BCUT2D eigenvalue weighted by Crippen LogP contribution is -2.19. The van der Waals surface area contributed by atoms with Crippen molar-refractivity contribution < 1.29 is 13.2 Å². The van der Waals surface area contributed by atoms with Crippen LogP contribution >= 0.6 is 24.8 Å². The van der Waals surface area contributed by atoms with Crippen molar-refractivity contribution in [2.45, 2.75) is 12.7 Å². The smallest absolute Gasteiger partial charge is 0.329 e. The van der Waals surface area contributed by atoms with Gasteiger partial charge in [0, 0.05) is 19.3 Å². The summed E-state index contributed by atoms with van der Waals surface area (Å²) in [6, 6.07) is 3.03. The molecule has 0 aliphatic heterocycles. The Bertz CT molecular complexity index is 512. The lowest BCUT2D eigenvalue weighted by molar-refractivity contribution is -0.146. The fourth-order valence-electron chi connectivity index (χ4n) is 1.52. The summed E-state index contributed by atoms with van der Waals surface area (Å²) >= 11 is 0. The molecule has 0 saturated carbocycles. The Balaban J connectivity index is 0.00000144. The van der Waals surface area contributed by atoms with Gasteiger partial charge >= 0.3 is 6.18 Å². The molecule has 9 heteroatoms. The molecular formula is C9H11Cl2F3N4. The van der Waals surface area contributed by atoms with E-state index >= 15 is 0 Å². The Kier molecular flexibility index (Phi) is 5.85. The second-order valence-electron chi connectivity index (χ2n) is 3.22. The molecule has 4 nitrogen and oxygen atoms in total. The first-order valence-electron chi connectivity index (χ1n) is 4.62. The number of rotatable bonds is 2. The highest BCUT2D eigenvalue weighted by molar-refractivity contribution is 5.85. The summed E-state index contributed by atoms with van der Waals surface area (Å²) in [6.45, 7) is 0.146. The number of hydrogen-bond acceptors (Lipinski definition) is 3. The van der Waals surface area contributed by atoms with Crippen molar-refractivity contribution in [3.05, 3.63) is 24.2 Å². The molecule has 2 rings (SSSR count). The van der Waals surface area contributed by atoms with E-state index in [4.69, 9.17) is 5.73 Å². The summed E-state index contributed by atoms with van der Waals surface area (Å²) in [5.41, 5.74) is 5.71.